The van der Waals surface area contributed by atoms with Gasteiger partial charge >= 0.3 is 0 Å². The Bertz CT molecular complexity index is 246. The predicted molar refractivity (Wildman–Crippen MR) is 52.2 cm³/mol. The molecule has 1 N–H and O–H groups in total. The van der Waals surface area contributed by atoms with Crippen LogP contribution in [0.2, 0.25) is 0 Å². The van der Waals surface area contributed by atoms with Crippen LogP contribution in [-0.4, -0.2) is 7.05 Å². The molecule has 0 amide bonds. The van der Waals surface area contributed by atoms with Gasteiger partial charge in [0.1, 0.15) is 0 Å². The summed E-state index contributed by atoms with van der Waals surface area (Å²) in [6, 6.07) is 6.47. The van der Waals surface area contributed by atoms with Crippen molar-refractivity contribution in [1.29, 1.82) is 0 Å². The smallest absolute Gasteiger partial charge is 0.0340 e. The van der Waals surface area contributed by atoms with Crippen LogP contribution < -0.4 is 5.32 Å². The Labute approximate surface area is 69.9 Å². The minimum absolute atomic E-state index is 0. The second kappa shape index (κ2) is 3.42. The largest absolute Gasteiger partial charge is 0.388 e. The van der Waals surface area contributed by atoms with Crippen LogP contribution in [0.15, 0.2) is 18.2 Å². The Balaban J connectivity index is 0.00000121. The maximum absolute atomic E-state index is 3.13. The molecule has 0 spiro atoms. The van der Waals surface area contributed by atoms with Crippen LogP contribution in [0, 0.1) is 6.92 Å². The summed E-state index contributed by atoms with van der Waals surface area (Å²) in [5.41, 5.74) is 4.01. The van der Waals surface area contributed by atoms with Gasteiger partial charge in [-0.05, 0) is 36.6 Å². The van der Waals surface area contributed by atoms with Crippen molar-refractivity contribution < 1.29 is 1.43 Å². The summed E-state index contributed by atoms with van der Waals surface area (Å²) < 4.78 is 0. The third kappa shape index (κ3) is 1.73. The van der Waals surface area contributed by atoms with Gasteiger partial charge in [-0.25, -0.2) is 0 Å². The van der Waals surface area contributed by atoms with Crippen LogP contribution in [-0.2, 0) is 6.42 Å². The SMILES string of the molecule is CCc1cc(NC)ccc1C.[HH]. The first-order chi connectivity index (χ1) is 5.27. The molecule has 0 aliphatic heterocycles. The highest BCUT2D eigenvalue weighted by atomic mass is 14.8. The second-order valence-corrected chi connectivity index (χ2v) is 2.74. The Morgan fingerprint density at radius 2 is 2.18 bits per heavy atom. The van der Waals surface area contributed by atoms with Gasteiger partial charge < -0.3 is 5.32 Å². The molecule has 0 aliphatic rings. The molecule has 0 atom stereocenters. The van der Waals surface area contributed by atoms with Crippen LogP contribution in [0.3, 0.4) is 0 Å². The predicted octanol–water partition coefficient (Wildman–Crippen LogP) is 2.85. The molecule has 1 heteroatoms. The van der Waals surface area contributed by atoms with Gasteiger partial charge in [0.05, 0.1) is 0 Å². The normalized spacial score (nSPS) is 9.73. The lowest BCUT2D eigenvalue weighted by Crippen LogP contribution is -1.91. The van der Waals surface area contributed by atoms with E-state index in [2.05, 4.69) is 37.4 Å². The summed E-state index contributed by atoms with van der Waals surface area (Å²) in [6.45, 7) is 4.33. The highest BCUT2D eigenvalue weighted by Gasteiger charge is 1.95. The average Bonchev–Trinajstić information content (AvgIpc) is 2.05. The zero-order valence-corrected chi connectivity index (χ0v) is 7.44. The van der Waals surface area contributed by atoms with Crippen LogP contribution in [0.25, 0.3) is 0 Å². The number of benzene rings is 1. The number of hydrogen-bond acceptors (Lipinski definition) is 1. The maximum atomic E-state index is 3.13. The number of aryl methyl sites for hydroxylation is 2. The first kappa shape index (κ1) is 8.12. The molecule has 0 bridgehead atoms. The van der Waals surface area contributed by atoms with E-state index in [1.54, 1.807) is 0 Å². The maximum Gasteiger partial charge on any atom is 0.0340 e. The van der Waals surface area contributed by atoms with Gasteiger partial charge in [0.2, 0.25) is 0 Å². The summed E-state index contributed by atoms with van der Waals surface area (Å²) in [6.07, 6.45) is 1.11. The molecule has 0 aromatic heterocycles. The van der Waals surface area contributed by atoms with Crippen molar-refractivity contribution in [3.63, 3.8) is 0 Å². The van der Waals surface area contributed by atoms with Crippen molar-refractivity contribution in [1.82, 2.24) is 0 Å². The van der Waals surface area contributed by atoms with Crippen molar-refractivity contribution in [2.24, 2.45) is 0 Å². The first-order valence-electron chi connectivity index (χ1n) is 4.05. The lowest BCUT2D eigenvalue weighted by atomic mass is 10.1. The molecule has 0 heterocycles. The van der Waals surface area contributed by atoms with Crippen LogP contribution in [0.1, 0.15) is 19.5 Å². The van der Waals surface area contributed by atoms with Gasteiger partial charge in [0, 0.05) is 14.2 Å². The summed E-state index contributed by atoms with van der Waals surface area (Å²) in [7, 11) is 1.95. The number of rotatable bonds is 2. The number of nitrogens with one attached hydrogen (secondary N) is 1. The minimum Gasteiger partial charge on any atom is -0.388 e. The Kier molecular flexibility index (Phi) is 2.53. The van der Waals surface area contributed by atoms with E-state index in [-0.39, 0.29) is 1.43 Å². The van der Waals surface area contributed by atoms with Gasteiger partial charge in [0.25, 0.3) is 0 Å². The number of hydrogen-bond donors (Lipinski definition) is 1. The van der Waals surface area contributed by atoms with Gasteiger partial charge in [-0.15, -0.1) is 0 Å². The third-order valence-electron chi connectivity index (χ3n) is 2.02. The van der Waals surface area contributed by atoms with Gasteiger partial charge in [-0.1, -0.05) is 13.0 Å². The highest BCUT2D eigenvalue weighted by Crippen LogP contribution is 2.14. The Morgan fingerprint density at radius 1 is 1.45 bits per heavy atom. The van der Waals surface area contributed by atoms with E-state index in [0.29, 0.717) is 0 Å². The zero-order valence-electron chi connectivity index (χ0n) is 7.44. The quantitative estimate of drug-likeness (QED) is 0.685. The summed E-state index contributed by atoms with van der Waals surface area (Å²) in [5.74, 6) is 0. The van der Waals surface area contributed by atoms with Gasteiger partial charge in [-0.2, -0.15) is 0 Å². The van der Waals surface area contributed by atoms with E-state index in [1.807, 2.05) is 7.05 Å². The molecule has 0 saturated carbocycles. The summed E-state index contributed by atoms with van der Waals surface area (Å²) in [4.78, 5) is 0. The summed E-state index contributed by atoms with van der Waals surface area (Å²) in [5, 5.41) is 3.13. The van der Waals surface area contributed by atoms with Crippen molar-refractivity contribution in [2.45, 2.75) is 20.3 Å². The molecule has 0 fully saturated rings. The summed E-state index contributed by atoms with van der Waals surface area (Å²) >= 11 is 0. The monoisotopic (exact) mass is 151 g/mol. The average molecular weight is 151 g/mol. The third-order valence-corrected chi connectivity index (χ3v) is 2.02. The topological polar surface area (TPSA) is 12.0 Å². The fourth-order valence-electron chi connectivity index (χ4n) is 1.21. The van der Waals surface area contributed by atoms with E-state index < -0.39 is 0 Å². The molecule has 0 radical (unpaired) electrons. The van der Waals surface area contributed by atoms with E-state index in [0.717, 1.165) is 6.42 Å². The number of anilines is 1. The van der Waals surface area contributed by atoms with E-state index >= 15 is 0 Å². The highest BCUT2D eigenvalue weighted by molar-refractivity contribution is 5.47. The van der Waals surface area contributed by atoms with Crippen molar-refractivity contribution in [3.8, 4) is 0 Å². The lowest BCUT2D eigenvalue weighted by molar-refractivity contribution is 1.11. The molecule has 1 aromatic carbocycles. The van der Waals surface area contributed by atoms with E-state index in [9.17, 15) is 0 Å². The fourth-order valence-corrected chi connectivity index (χ4v) is 1.21. The Morgan fingerprint density at radius 3 is 2.73 bits per heavy atom. The first-order valence-corrected chi connectivity index (χ1v) is 4.05. The van der Waals surface area contributed by atoms with Crippen molar-refractivity contribution in [2.75, 3.05) is 12.4 Å². The molecular weight excluding hydrogens is 134 g/mol. The fraction of sp³-hybridized carbons (Fsp3) is 0.400. The standard InChI is InChI=1S/C10H15N.H2/c1-4-9-7-10(11-3)6-5-8(9)2;/h5-7,11H,4H2,1-3H3;1H. The van der Waals surface area contributed by atoms with Crippen molar-refractivity contribution >= 4 is 5.69 Å². The molecule has 0 unspecified atom stereocenters. The molecule has 62 valence electrons. The van der Waals surface area contributed by atoms with Crippen molar-refractivity contribution in [3.05, 3.63) is 29.3 Å². The van der Waals surface area contributed by atoms with E-state index in [1.165, 1.54) is 16.8 Å². The molecule has 11 heavy (non-hydrogen) atoms. The second-order valence-electron chi connectivity index (χ2n) is 2.74. The lowest BCUT2D eigenvalue weighted by Gasteiger charge is -2.05. The Hall–Kier alpha value is -0.980. The van der Waals surface area contributed by atoms with Gasteiger partial charge in [0.15, 0.2) is 0 Å². The molecule has 1 nitrogen and oxygen atoms in total. The molecule has 1 rings (SSSR count). The van der Waals surface area contributed by atoms with Crippen LogP contribution >= 0.6 is 0 Å². The molecule has 0 aliphatic carbocycles. The van der Waals surface area contributed by atoms with Crippen LogP contribution in [0.4, 0.5) is 5.69 Å². The molecular formula is C10H17N. The van der Waals surface area contributed by atoms with Crippen LogP contribution in [0.5, 0.6) is 0 Å². The molecule has 0 saturated heterocycles. The molecule has 1 aromatic rings. The van der Waals surface area contributed by atoms with Gasteiger partial charge in [-0.3, -0.25) is 0 Å². The minimum atomic E-state index is 0. The van der Waals surface area contributed by atoms with E-state index in [4.69, 9.17) is 0 Å². The zero-order chi connectivity index (χ0) is 8.27.